The predicted octanol–water partition coefficient (Wildman–Crippen LogP) is 3.08. The van der Waals surface area contributed by atoms with Crippen LogP contribution >= 0.6 is 11.8 Å². The minimum Gasteiger partial charge on any atom is -0.465 e. The van der Waals surface area contributed by atoms with Crippen molar-refractivity contribution in [3.8, 4) is 0 Å². The number of thioether (sulfide) groups is 1. The summed E-state index contributed by atoms with van der Waals surface area (Å²) < 4.78 is 4.98. The van der Waals surface area contributed by atoms with E-state index in [1.165, 1.54) is 11.8 Å². The fraction of sp³-hybridized carbons (Fsp3) is 0.467. The Morgan fingerprint density at radius 2 is 1.84 bits per heavy atom. The molecule has 0 bridgehead atoms. The van der Waals surface area contributed by atoms with Gasteiger partial charge in [-0.1, -0.05) is 44.2 Å². The summed E-state index contributed by atoms with van der Waals surface area (Å²) in [5.41, 5.74) is 1.10. The van der Waals surface area contributed by atoms with E-state index in [0.717, 1.165) is 5.56 Å². The van der Waals surface area contributed by atoms with Crippen molar-refractivity contribution in [2.75, 3.05) is 6.61 Å². The first kappa shape index (κ1) is 15.8. The fourth-order valence-electron chi connectivity index (χ4n) is 1.54. The van der Waals surface area contributed by atoms with Gasteiger partial charge in [-0.2, -0.15) is 0 Å². The molecule has 0 aliphatic carbocycles. The Balaban J connectivity index is 2.69. The lowest BCUT2D eigenvalue weighted by Gasteiger charge is -2.16. The number of ketones is 1. The van der Waals surface area contributed by atoms with Gasteiger partial charge in [0.15, 0.2) is 11.0 Å². The van der Waals surface area contributed by atoms with Gasteiger partial charge in [0.1, 0.15) is 0 Å². The van der Waals surface area contributed by atoms with Crippen molar-refractivity contribution in [3.05, 3.63) is 35.9 Å². The van der Waals surface area contributed by atoms with E-state index < -0.39 is 11.2 Å². The number of rotatable bonds is 7. The third kappa shape index (κ3) is 5.07. The summed E-state index contributed by atoms with van der Waals surface area (Å²) in [4.78, 5) is 23.9. The average molecular weight is 280 g/mol. The number of hydrogen-bond acceptors (Lipinski definition) is 4. The van der Waals surface area contributed by atoms with Crippen molar-refractivity contribution >= 4 is 23.5 Å². The molecule has 0 heterocycles. The molecule has 104 valence electrons. The summed E-state index contributed by atoms with van der Waals surface area (Å²) in [6, 6.07) is 9.79. The second-order valence-electron chi connectivity index (χ2n) is 4.49. The van der Waals surface area contributed by atoms with Gasteiger partial charge >= 0.3 is 5.97 Å². The van der Waals surface area contributed by atoms with Crippen molar-refractivity contribution in [1.29, 1.82) is 0 Å². The molecular formula is C15H20O3S. The maximum Gasteiger partial charge on any atom is 0.326 e. The first-order chi connectivity index (χ1) is 9.06. The highest BCUT2D eigenvalue weighted by atomic mass is 32.2. The van der Waals surface area contributed by atoms with Gasteiger partial charge in [-0.05, 0) is 12.5 Å². The van der Waals surface area contributed by atoms with Crippen LogP contribution in [0.1, 0.15) is 26.3 Å². The highest BCUT2D eigenvalue weighted by Crippen LogP contribution is 2.22. The molecule has 1 rings (SSSR count). The van der Waals surface area contributed by atoms with Crippen LogP contribution < -0.4 is 0 Å². The topological polar surface area (TPSA) is 43.4 Å². The predicted molar refractivity (Wildman–Crippen MR) is 78.0 cm³/mol. The summed E-state index contributed by atoms with van der Waals surface area (Å²) in [5.74, 6) is -0.0397. The Morgan fingerprint density at radius 3 is 2.37 bits per heavy atom. The SMILES string of the molecule is CCOC(=O)C(SCc1ccccc1)C(=O)C(C)C. The third-order valence-corrected chi connectivity index (χ3v) is 3.85. The molecule has 3 nitrogen and oxygen atoms in total. The normalized spacial score (nSPS) is 12.2. The molecule has 0 aromatic heterocycles. The molecule has 0 aliphatic rings. The molecule has 4 heteroatoms. The van der Waals surface area contributed by atoms with Crippen LogP contribution in [-0.4, -0.2) is 23.6 Å². The van der Waals surface area contributed by atoms with E-state index in [2.05, 4.69) is 0 Å². The van der Waals surface area contributed by atoms with Crippen molar-refractivity contribution in [2.24, 2.45) is 5.92 Å². The number of esters is 1. The zero-order valence-electron chi connectivity index (χ0n) is 11.6. The summed E-state index contributed by atoms with van der Waals surface area (Å²) in [6.45, 7) is 5.65. The number of carbonyl (C=O) groups is 2. The zero-order chi connectivity index (χ0) is 14.3. The van der Waals surface area contributed by atoms with E-state index in [9.17, 15) is 9.59 Å². The summed E-state index contributed by atoms with van der Waals surface area (Å²) in [5, 5.41) is -0.722. The lowest BCUT2D eigenvalue weighted by molar-refractivity contribution is -0.145. The van der Waals surface area contributed by atoms with E-state index in [-0.39, 0.29) is 11.7 Å². The van der Waals surface area contributed by atoms with E-state index in [0.29, 0.717) is 12.4 Å². The Kier molecular flexibility index (Phi) is 6.64. The van der Waals surface area contributed by atoms with E-state index in [1.54, 1.807) is 20.8 Å². The van der Waals surface area contributed by atoms with Crippen molar-refractivity contribution in [3.63, 3.8) is 0 Å². The van der Waals surface area contributed by atoms with Gasteiger partial charge < -0.3 is 4.74 Å². The highest BCUT2D eigenvalue weighted by molar-refractivity contribution is 8.00. The summed E-state index contributed by atoms with van der Waals surface area (Å²) in [7, 11) is 0. The van der Waals surface area contributed by atoms with Crippen LogP contribution in [0.2, 0.25) is 0 Å². The second kappa shape index (κ2) is 8.00. The smallest absolute Gasteiger partial charge is 0.326 e. The third-order valence-electron chi connectivity index (χ3n) is 2.59. The Bertz CT molecular complexity index is 415. The molecular weight excluding hydrogens is 260 g/mol. The standard InChI is InChI=1S/C15H20O3S/c1-4-18-15(17)14(13(16)11(2)3)19-10-12-8-6-5-7-9-12/h5-9,11,14H,4,10H2,1-3H3. The zero-order valence-corrected chi connectivity index (χ0v) is 12.4. The van der Waals surface area contributed by atoms with Crippen molar-refractivity contribution in [2.45, 2.75) is 31.8 Å². The molecule has 0 saturated heterocycles. The Hall–Kier alpha value is -1.29. The van der Waals surface area contributed by atoms with Crippen molar-refractivity contribution in [1.82, 2.24) is 0 Å². The van der Waals surface area contributed by atoms with Crippen LogP contribution in [0.25, 0.3) is 0 Å². The lowest BCUT2D eigenvalue weighted by atomic mass is 10.1. The van der Waals surface area contributed by atoms with Crippen LogP contribution in [0.15, 0.2) is 30.3 Å². The molecule has 0 N–H and O–H groups in total. The molecule has 0 fully saturated rings. The minimum atomic E-state index is -0.722. The highest BCUT2D eigenvalue weighted by Gasteiger charge is 2.30. The molecule has 0 spiro atoms. The first-order valence-electron chi connectivity index (χ1n) is 6.42. The number of ether oxygens (including phenoxy) is 1. The van der Waals surface area contributed by atoms with E-state index in [4.69, 9.17) is 4.74 Å². The fourth-order valence-corrected chi connectivity index (χ4v) is 2.73. The molecule has 1 atom stereocenters. The molecule has 19 heavy (non-hydrogen) atoms. The quantitative estimate of drug-likeness (QED) is 0.568. The Labute approximate surface area is 118 Å². The van der Waals surface area contributed by atoms with Gasteiger partial charge in [-0.15, -0.1) is 11.8 Å². The molecule has 0 aliphatic heterocycles. The largest absolute Gasteiger partial charge is 0.465 e. The van der Waals surface area contributed by atoms with Gasteiger partial charge in [-0.25, -0.2) is 0 Å². The molecule has 1 aromatic rings. The van der Waals surface area contributed by atoms with Gasteiger partial charge in [0, 0.05) is 11.7 Å². The van der Waals surface area contributed by atoms with Crippen LogP contribution in [0.3, 0.4) is 0 Å². The second-order valence-corrected chi connectivity index (χ2v) is 5.58. The van der Waals surface area contributed by atoms with Gasteiger partial charge in [0.2, 0.25) is 0 Å². The van der Waals surface area contributed by atoms with Gasteiger partial charge in [0.25, 0.3) is 0 Å². The van der Waals surface area contributed by atoms with Gasteiger partial charge in [0.05, 0.1) is 6.61 Å². The van der Waals surface area contributed by atoms with Crippen LogP contribution in [-0.2, 0) is 20.1 Å². The summed E-state index contributed by atoms with van der Waals surface area (Å²) in [6.07, 6.45) is 0. The maximum atomic E-state index is 12.1. The minimum absolute atomic E-state index is 0.0700. The van der Waals surface area contributed by atoms with E-state index >= 15 is 0 Å². The van der Waals surface area contributed by atoms with Crippen LogP contribution in [0.5, 0.6) is 0 Å². The van der Waals surface area contributed by atoms with Crippen LogP contribution in [0, 0.1) is 5.92 Å². The lowest BCUT2D eigenvalue weighted by Crippen LogP contribution is -2.32. The molecule has 1 unspecified atom stereocenters. The van der Waals surface area contributed by atoms with Gasteiger partial charge in [-0.3, -0.25) is 9.59 Å². The molecule has 1 aromatic carbocycles. The monoisotopic (exact) mass is 280 g/mol. The number of benzene rings is 1. The van der Waals surface area contributed by atoms with Crippen LogP contribution in [0.4, 0.5) is 0 Å². The van der Waals surface area contributed by atoms with Crippen molar-refractivity contribution < 1.29 is 14.3 Å². The maximum absolute atomic E-state index is 12.1. The first-order valence-corrected chi connectivity index (χ1v) is 7.47. The molecule has 0 amide bonds. The number of Topliss-reactive ketones (excluding diaryl/α,β-unsaturated/α-hetero) is 1. The van der Waals surface area contributed by atoms with E-state index in [1.807, 2.05) is 30.3 Å². The average Bonchev–Trinajstić information content (AvgIpc) is 2.40. The number of hydrogen-bond donors (Lipinski definition) is 0. The molecule has 0 saturated carbocycles. The molecule has 0 radical (unpaired) electrons. The number of carbonyl (C=O) groups excluding carboxylic acids is 2. The Morgan fingerprint density at radius 1 is 1.21 bits per heavy atom. The summed E-state index contributed by atoms with van der Waals surface area (Å²) >= 11 is 1.34.